The van der Waals surface area contributed by atoms with Crippen molar-refractivity contribution in [2.24, 2.45) is 0 Å². The molecule has 6 heteroatoms. The van der Waals surface area contributed by atoms with E-state index in [-0.39, 0.29) is 0 Å². The zero-order valence-electron chi connectivity index (χ0n) is 14.2. The predicted molar refractivity (Wildman–Crippen MR) is 93.2 cm³/mol. The molecule has 1 aliphatic rings. The van der Waals surface area contributed by atoms with E-state index in [1.165, 1.54) is 5.56 Å². The maximum Gasteiger partial charge on any atom is 0.0869 e. The maximum absolute atomic E-state index is 10.6. The Labute approximate surface area is 143 Å². The van der Waals surface area contributed by atoms with E-state index in [0.29, 0.717) is 19.6 Å². The van der Waals surface area contributed by atoms with Crippen LogP contribution < -0.4 is 5.32 Å². The van der Waals surface area contributed by atoms with Crippen LogP contribution in [0.4, 0.5) is 0 Å². The van der Waals surface area contributed by atoms with Crippen molar-refractivity contribution in [2.45, 2.75) is 19.1 Å². The Bertz CT molecular complexity index is 622. The standard InChI is InChI=1S/C18H26N4O2/c1-18(23,15-21-8-10-24-11-9-21)14-19-13-16-4-2-5-17(12-16)22-7-3-6-20-22/h2-7,12,19,23H,8-11,13-15H2,1H3. The molecule has 1 aromatic heterocycles. The van der Waals surface area contributed by atoms with E-state index in [1.807, 2.05) is 36.0 Å². The van der Waals surface area contributed by atoms with Crippen LogP contribution in [-0.2, 0) is 11.3 Å². The molecule has 24 heavy (non-hydrogen) atoms. The van der Waals surface area contributed by atoms with E-state index in [0.717, 1.165) is 32.0 Å². The van der Waals surface area contributed by atoms with Crippen LogP contribution in [0.25, 0.3) is 5.69 Å². The highest BCUT2D eigenvalue weighted by Crippen LogP contribution is 2.11. The lowest BCUT2D eigenvalue weighted by molar-refractivity contribution is -0.0219. The van der Waals surface area contributed by atoms with Crippen molar-refractivity contribution < 1.29 is 9.84 Å². The zero-order valence-corrected chi connectivity index (χ0v) is 14.2. The van der Waals surface area contributed by atoms with Gasteiger partial charge in [0, 0.05) is 45.1 Å². The van der Waals surface area contributed by atoms with Crippen LogP contribution >= 0.6 is 0 Å². The molecule has 1 atom stereocenters. The van der Waals surface area contributed by atoms with Gasteiger partial charge in [0.25, 0.3) is 0 Å². The van der Waals surface area contributed by atoms with Gasteiger partial charge in [-0.1, -0.05) is 12.1 Å². The van der Waals surface area contributed by atoms with Crippen LogP contribution in [0.3, 0.4) is 0 Å². The molecule has 1 saturated heterocycles. The number of benzene rings is 1. The average Bonchev–Trinajstić information content (AvgIpc) is 3.10. The summed E-state index contributed by atoms with van der Waals surface area (Å²) in [5.41, 5.74) is 1.46. The van der Waals surface area contributed by atoms with Gasteiger partial charge in [-0.3, -0.25) is 4.90 Å². The molecule has 6 nitrogen and oxygen atoms in total. The molecule has 1 aliphatic heterocycles. The number of nitrogens with zero attached hydrogens (tertiary/aromatic N) is 3. The normalized spacial score (nSPS) is 18.4. The van der Waals surface area contributed by atoms with Crippen molar-refractivity contribution in [3.05, 3.63) is 48.3 Å². The van der Waals surface area contributed by atoms with Gasteiger partial charge in [-0.05, 0) is 30.7 Å². The van der Waals surface area contributed by atoms with Crippen molar-refractivity contribution in [3.63, 3.8) is 0 Å². The lowest BCUT2D eigenvalue weighted by Gasteiger charge is -2.34. The molecule has 0 radical (unpaired) electrons. The van der Waals surface area contributed by atoms with Gasteiger partial charge in [0.05, 0.1) is 24.5 Å². The number of aliphatic hydroxyl groups is 1. The molecule has 0 saturated carbocycles. The fraction of sp³-hybridized carbons (Fsp3) is 0.500. The quantitative estimate of drug-likeness (QED) is 0.794. The van der Waals surface area contributed by atoms with E-state index >= 15 is 0 Å². The van der Waals surface area contributed by atoms with Crippen molar-refractivity contribution in [2.75, 3.05) is 39.4 Å². The number of hydrogen-bond donors (Lipinski definition) is 2. The smallest absolute Gasteiger partial charge is 0.0869 e. The Morgan fingerprint density at radius 3 is 2.88 bits per heavy atom. The molecular formula is C18H26N4O2. The van der Waals surface area contributed by atoms with Gasteiger partial charge in [-0.25, -0.2) is 4.68 Å². The third-order valence-electron chi connectivity index (χ3n) is 4.18. The van der Waals surface area contributed by atoms with Gasteiger partial charge in [-0.15, -0.1) is 0 Å². The molecule has 3 rings (SSSR count). The minimum Gasteiger partial charge on any atom is -0.388 e. The third kappa shape index (κ3) is 4.88. The molecule has 2 aromatic rings. The second kappa shape index (κ2) is 7.90. The van der Waals surface area contributed by atoms with Crippen molar-refractivity contribution in [1.82, 2.24) is 20.0 Å². The lowest BCUT2D eigenvalue weighted by Crippen LogP contribution is -2.50. The molecule has 0 bridgehead atoms. The first-order valence-electron chi connectivity index (χ1n) is 8.45. The Morgan fingerprint density at radius 1 is 1.29 bits per heavy atom. The highest BCUT2D eigenvalue weighted by atomic mass is 16.5. The molecule has 2 heterocycles. The van der Waals surface area contributed by atoms with Crippen molar-refractivity contribution in [1.29, 1.82) is 0 Å². The molecule has 1 aromatic carbocycles. The van der Waals surface area contributed by atoms with Gasteiger partial charge in [0.2, 0.25) is 0 Å². The Balaban J connectivity index is 1.49. The van der Waals surface area contributed by atoms with Gasteiger partial charge >= 0.3 is 0 Å². The summed E-state index contributed by atoms with van der Waals surface area (Å²) in [7, 11) is 0. The Hall–Kier alpha value is -1.73. The van der Waals surface area contributed by atoms with Crippen molar-refractivity contribution >= 4 is 0 Å². The molecule has 1 unspecified atom stereocenters. The first kappa shape index (κ1) is 17.1. The van der Waals surface area contributed by atoms with Gasteiger partial charge in [-0.2, -0.15) is 5.10 Å². The summed E-state index contributed by atoms with van der Waals surface area (Å²) in [6, 6.07) is 10.2. The second-order valence-electron chi connectivity index (χ2n) is 6.61. The average molecular weight is 330 g/mol. The first-order valence-corrected chi connectivity index (χ1v) is 8.45. The van der Waals surface area contributed by atoms with Gasteiger partial charge in [0.1, 0.15) is 0 Å². The topological polar surface area (TPSA) is 62.5 Å². The number of rotatable bonds is 7. The monoisotopic (exact) mass is 330 g/mol. The van der Waals surface area contributed by atoms with E-state index < -0.39 is 5.60 Å². The molecule has 0 amide bonds. The highest BCUT2D eigenvalue weighted by Gasteiger charge is 2.24. The summed E-state index contributed by atoms with van der Waals surface area (Å²) in [5, 5.41) is 18.2. The van der Waals surface area contributed by atoms with Crippen LogP contribution in [0.1, 0.15) is 12.5 Å². The molecular weight excluding hydrogens is 304 g/mol. The summed E-state index contributed by atoms with van der Waals surface area (Å²) in [6.45, 7) is 7.11. The summed E-state index contributed by atoms with van der Waals surface area (Å²) in [6.07, 6.45) is 3.70. The number of ether oxygens (including phenoxy) is 1. The van der Waals surface area contributed by atoms with E-state index in [1.54, 1.807) is 6.20 Å². The van der Waals surface area contributed by atoms with Crippen LogP contribution in [0.5, 0.6) is 0 Å². The minimum atomic E-state index is -0.753. The SMILES string of the molecule is CC(O)(CNCc1cccc(-n2cccn2)c1)CN1CCOCC1. The van der Waals surface area contributed by atoms with Crippen LogP contribution in [0.15, 0.2) is 42.7 Å². The second-order valence-corrected chi connectivity index (χ2v) is 6.61. The molecule has 0 spiro atoms. The van der Waals surface area contributed by atoms with Crippen LogP contribution in [-0.4, -0.2) is 64.8 Å². The number of β-amino-alcohol motifs (C(OH)–C–C–N with tert-alkyl or cyclic N) is 1. The van der Waals surface area contributed by atoms with Gasteiger partial charge in [0.15, 0.2) is 0 Å². The van der Waals surface area contributed by atoms with Gasteiger partial charge < -0.3 is 15.2 Å². The number of aromatic nitrogens is 2. The number of hydrogen-bond acceptors (Lipinski definition) is 5. The summed E-state index contributed by atoms with van der Waals surface area (Å²) in [5.74, 6) is 0. The van der Waals surface area contributed by atoms with E-state index in [9.17, 15) is 5.11 Å². The lowest BCUT2D eigenvalue weighted by atomic mass is 10.1. The van der Waals surface area contributed by atoms with Crippen molar-refractivity contribution in [3.8, 4) is 5.69 Å². The molecule has 1 fully saturated rings. The van der Waals surface area contributed by atoms with Crippen LogP contribution in [0.2, 0.25) is 0 Å². The maximum atomic E-state index is 10.6. The minimum absolute atomic E-state index is 0.552. The van der Waals surface area contributed by atoms with Crippen LogP contribution in [0, 0.1) is 0 Å². The molecule has 0 aliphatic carbocycles. The fourth-order valence-electron chi connectivity index (χ4n) is 3.00. The third-order valence-corrected chi connectivity index (χ3v) is 4.18. The largest absolute Gasteiger partial charge is 0.388 e. The molecule has 2 N–H and O–H groups in total. The fourth-order valence-corrected chi connectivity index (χ4v) is 3.00. The summed E-state index contributed by atoms with van der Waals surface area (Å²) >= 11 is 0. The Morgan fingerprint density at radius 2 is 2.12 bits per heavy atom. The van der Waals surface area contributed by atoms with E-state index in [2.05, 4.69) is 27.4 Å². The first-order chi connectivity index (χ1) is 11.6. The summed E-state index contributed by atoms with van der Waals surface area (Å²) in [4.78, 5) is 2.25. The highest BCUT2D eigenvalue weighted by molar-refractivity contribution is 5.34. The predicted octanol–water partition coefficient (Wildman–Crippen LogP) is 1.05. The zero-order chi connectivity index (χ0) is 16.8. The molecule has 130 valence electrons. The summed E-state index contributed by atoms with van der Waals surface area (Å²) < 4.78 is 7.19. The number of nitrogens with one attached hydrogen (secondary N) is 1. The van der Waals surface area contributed by atoms with E-state index in [4.69, 9.17) is 4.74 Å². The Kier molecular flexibility index (Phi) is 5.63. The number of morpholine rings is 1.